The van der Waals surface area contributed by atoms with Gasteiger partial charge < -0.3 is 19.8 Å². The topological polar surface area (TPSA) is 66.6 Å². The van der Waals surface area contributed by atoms with E-state index in [4.69, 9.17) is 19.8 Å². The van der Waals surface area contributed by atoms with E-state index in [1.54, 1.807) is 0 Å². The Bertz CT molecular complexity index is 513. The monoisotopic (exact) mass is 276 g/mol. The van der Waals surface area contributed by atoms with Crippen molar-refractivity contribution in [2.45, 2.75) is 44.8 Å². The zero-order chi connectivity index (χ0) is 14.5. The maximum atomic E-state index is 6.02. The van der Waals surface area contributed by atoms with Crippen LogP contribution in [0.5, 0.6) is 0 Å². The third-order valence-corrected chi connectivity index (χ3v) is 4.44. The van der Waals surface area contributed by atoms with Gasteiger partial charge in [-0.2, -0.15) is 0 Å². The number of nitrogen functional groups attached to an aromatic ring is 1. The molecule has 0 radical (unpaired) electrons. The van der Waals surface area contributed by atoms with Crippen molar-refractivity contribution in [3.8, 4) is 0 Å². The third-order valence-electron chi connectivity index (χ3n) is 4.44. The summed E-state index contributed by atoms with van der Waals surface area (Å²) >= 11 is 0. The van der Waals surface area contributed by atoms with Crippen LogP contribution < -0.4 is 11.3 Å². The van der Waals surface area contributed by atoms with Crippen LogP contribution in [0.1, 0.15) is 39.3 Å². The van der Waals surface area contributed by atoms with Crippen LogP contribution >= 0.6 is 0 Å². The normalized spacial score (nSPS) is 24.7. The molecule has 0 bridgehead atoms. The van der Waals surface area contributed by atoms with Crippen molar-refractivity contribution >= 4 is 18.4 Å². The van der Waals surface area contributed by atoms with Gasteiger partial charge in [0, 0.05) is 17.3 Å². The van der Waals surface area contributed by atoms with Crippen molar-refractivity contribution in [1.82, 2.24) is 4.98 Å². The highest BCUT2D eigenvalue weighted by atomic mass is 16.7. The molecular formula is C14H21BN2O3. The molecule has 0 aromatic carbocycles. The molecule has 3 rings (SSSR count). The van der Waals surface area contributed by atoms with Crippen molar-refractivity contribution in [2.24, 2.45) is 0 Å². The number of anilines is 1. The molecule has 2 fully saturated rings. The lowest BCUT2D eigenvalue weighted by molar-refractivity contribution is 0.00578. The van der Waals surface area contributed by atoms with E-state index in [1.165, 1.54) is 0 Å². The average molecular weight is 276 g/mol. The van der Waals surface area contributed by atoms with Crippen molar-refractivity contribution < 1.29 is 14.0 Å². The van der Waals surface area contributed by atoms with Gasteiger partial charge in [-0.1, -0.05) is 0 Å². The molecule has 0 atom stereocenters. The van der Waals surface area contributed by atoms with Crippen molar-refractivity contribution in [2.75, 3.05) is 18.9 Å². The summed E-state index contributed by atoms with van der Waals surface area (Å²) in [4.78, 5) is 4.66. The Morgan fingerprint density at radius 2 is 1.75 bits per heavy atom. The molecule has 0 unspecified atom stereocenters. The summed E-state index contributed by atoms with van der Waals surface area (Å²) in [5, 5.41) is 0. The molecule has 0 amide bonds. The zero-order valence-electron chi connectivity index (χ0n) is 12.5. The van der Waals surface area contributed by atoms with Gasteiger partial charge in [0.2, 0.25) is 0 Å². The Morgan fingerprint density at radius 3 is 2.25 bits per heavy atom. The molecule has 0 saturated carbocycles. The number of hydrogen-bond acceptors (Lipinski definition) is 5. The van der Waals surface area contributed by atoms with E-state index < -0.39 is 7.12 Å². The molecule has 0 spiro atoms. The van der Waals surface area contributed by atoms with Crippen LogP contribution in [0.25, 0.3) is 0 Å². The zero-order valence-corrected chi connectivity index (χ0v) is 12.5. The minimum absolute atomic E-state index is 0.333. The minimum atomic E-state index is -0.469. The van der Waals surface area contributed by atoms with E-state index >= 15 is 0 Å². The fraction of sp³-hybridized carbons (Fsp3) is 0.643. The number of ether oxygens (including phenoxy) is 1. The van der Waals surface area contributed by atoms with Gasteiger partial charge in [0.05, 0.1) is 30.0 Å². The van der Waals surface area contributed by atoms with Gasteiger partial charge >= 0.3 is 7.12 Å². The summed E-state index contributed by atoms with van der Waals surface area (Å²) in [6, 6.07) is 3.73. The SMILES string of the molecule is CC1(C)OB(c2cc(N)cc(C3COC3)n2)OC1(C)C. The first-order valence-corrected chi connectivity index (χ1v) is 6.99. The molecule has 3 heterocycles. The minimum Gasteiger partial charge on any atom is -0.399 e. The lowest BCUT2D eigenvalue weighted by Gasteiger charge is -2.32. The van der Waals surface area contributed by atoms with E-state index in [9.17, 15) is 0 Å². The third kappa shape index (κ3) is 2.22. The molecule has 5 nitrogen and oxygen atoms in total. The van der Waals surface area contributed by atoms with Gasteiger partial charge in [0.1, 0.15) is 0 Å². The molecule has 2 aliphatic rings. The number of hydrogen-bond donors (Lipinski definition) is 1. The molecule has 20 heavy (non-hydrogen) atoms. The standard InChI is InChI=1S/C14H21BN2O3/c1-13(2)14(3,4)20-15(19-13)12-6-10(16)5-11(17-12)9-7-18-8-9/h5-6,9H,7-8H2,1-4H3,(H2,16,17). The summed E-state index contributed by atoms with van der Waals surface area (Å²) < 4.78 is 17.3. The summed E-state index contributed by atoms with van der Waals surface area (Å²) in [5.41, 5.74) is 7.63. The Kier molecular flexibility index (Phi) is 3.08. The maximum Gasteiger partial charge on any atom is 0.514 e. The van der Waals surface area contributed by atoms with Gasteiger partial charge in [-0.25, -0.2) is 0 Å². The number of pyridine rings is 1. The van der Waals surface area contributed by atoms with E-state index in [1.807, 2.05) is 39.8 Å². The van der Waals surface area contributed by atoms with Crippen molar-refractivity contribution in [1.29, 1.82) is 0 Å². The molecule has 1 aromatic heterocycles. The quantitative estimate of drug-likeness (QED) is 0.819. The van der Waals surface area contributed by atoms with Crippen LogP contribution in [0, 0.1) is 0 Å². The lowest BCUT2D eigenvalue weighted by atomic mass is 9.83. The number of nitrogens with two attached hydrogens (primary N) is 1. The van der Waals surface area contributed by atoms with Gasteiger partial charge in [-0.3, -0.25) is 4.98 Å². The largest absolute Gasteiger partial charge is 0.514 e. The molecule has 0 aliphatic carbocycles. The lowest BCUT2D eigenvalue weighted by Crippen LogP contribution is -2.41. The Labute approximate surface area is 119 Å². The van der Waals surface area contributed by atoms with Crippen LogP contribution in [0.3, 0.4) is 0 Å². The van der Waals surface area contributed by atoms with E-state index in [-0.39, 0.29) is 11.2 Å². The molecule has 108 valence electrons. The van der Waals surface area contributed by atoms with Gasteiger partial charge in [-0.05, 0) is 39.8 Å². The highest BCUT2D eigenvalue weighted by Gasteiger charge is 2.52. The maximum absolute atomic E-state index is 6.02. The molecule has 6 heteroatoms. The van der Waals surface area contributed by atoms with Gasteiger partial charge in [0.25, 0.3) is 0 Å². The van der Waals surface area contributed by atoms with Gasteiger partial charge in [0.15, 0.2) is 0 Å². The molecular weight excluding hydrogens is 255 g/mol. The van der Waals surface area contributed by atoms with Crippen LogP contribution in [0.15, 0.2) is 12.1 Å². The Balaban J connectivity index is 1.89. The molecule has 2 aliphatic heterocycles. The fourth-order valence-electron chi connectivity index (χ4n) is 2.30. The van der Waals surface area contributed by atoms with Crippen molar-refractivity contribution in [3.63, 3.8) is 0 Å². The van der Waals surface area contributed by atoms with E-state index in [0.29, 0.717) is 24.8 Å². The van der Waals surface area contributed by atoms with Crippen LogP contribution in [-0.2, 0) is 14.0 Å². The fourth-order valence-corrected chi connectivity index (χ4v) is 2.30. The van der Waals surface area contributed by atoms with Crippen LogP contribution in [0.2, 0.25) is 0 Å². The Hall–Kier alpha value is -1.11. The number of nitrogens with zero attached hydrogens (tertiary/aromatic N) is 1. The molecule has 2 saturated heterocycles. The Morgan fingerprint density at radius 1 is 1.15 bits per heavy atom. The highest BCUT2D eigenvalue weighted by molar-refractivity contribution is 6.61. The van der Waals surface area contributed by atoms with Crippen LogP contribution in [-0.4, -0.2) is 36.5 Å². The van der Waals surface area contributed by atoms with E-state index in [0.717, 1.165) is 11.3 Å². The summed E-state index contributed by atoms with van der Waals surface area (Å²) in [6.45, 7) is 9.53. The summed E-state index contributed by atoms with van der Waals surface area (Å²) in [6.07, 6.45) is 0. The second kappa shape index (κ2) is 4.45. The average Bonchev–Trinajstić information content (AvgIpc) is 2.45. The first-order chi connectivity index (χ1) is 9.28. The number of aromatic nitrogens is 1. The second-order valence-corrected chi connectivity index (χ2v) is 6.57. The first-order valence-electron chi connectivity index (χ1n) is 6.99. The van der Waals surface area contributed by atoms with Crippen LogP contribution in [0.4, 0.5) is 5.69 Å². The second-order valence-electron chi connectivity index (χ2n) is 6.57. The molecule has 2 N–H and O–H groups in total. The summed E-state index contributed by atoms with van der Waals surface area (Å²) in [5.74, 6) is 0.333. The predicted molar refractivity (Wildman–Crippen MR) is 77.9 cm³/mol. The predicted octanol–water partition coefficient (Wildman–Crippen LogP) is 1.08. The van der Waals surface area contributed by atoms with E-state index in [2.05, 4.69) is 4.98 Å². The van der Waals surface area contributed by atoms with Gasteiger partial charge in [-0.15, -0.1) is 0 Å². The number of rotatable bonds is 2. The summed E-state index contributed by atoms with van der Waals surface area (Å²) in [7, 11) is -0.469. The smallest absolute Gasteiger partial charge is 0.399 e. The first kappa shape index (κ1) is 13.9. The van der Waals surface area contributed by atoms with Crippen molar-refractivity contribution in [3.05, 3.63) is 17.8 Å². The molecule has 1 aromatic rings. The highest BCUT2D eigenvalue weighted by Crippen LogP contribution is 2.36.